The molecule has 140 valence electrons. The molecule has 3 aromatic rings. The van der Waals surface area contributed by atoms with Crippen molar-refractivity contribution in [1.82, 2.24) is 10.2 Å². The third-order valence-corrected chi connectivity index (χ3v) is 4.67. The molecule has 1 heterocycles. The molecule has 0 atom stereocenters. The number of hydrogen-bond acceptors (Lipinski definition) is 6. The second kappa shape index (κ2) is 8.50. The molecule has 0 radical (unpaired) electrons. The van der Waals surface area contributed by atoms with Gasteiger partial charge in [0.25, 0.3) is 0 Å². The maximum Gasteiger partial charge on any atom is 0.325 e. The number of aromatic nitrogens is 2. The van der Waals surface area contributed by atoms with Crippen molar-refractivity contribution in [2.45, 2.75) is 20.5 Å². The first-order chi connectivity index (χ1) is 13.0. The van der Waals surface area contributed by atoms with E-state index in [-0.39, 0.29) is 0 Å². The number of rotatable bonds is 6. The van der Waals surface area contributed by atoms with Crippen LogP contribution >= 0.6 is 11.3 Å². The monoisotopic (exact) mass is 384 g/mol. The minimum absolute atomic E-state index is 0.291. The van der Waals surface area contributed by atoms with E-state index >= 15 is 0 Å². The van der Waals surface area contributed by atoms with Crippen LogP contribution in [0.2, 0.25) is 0 Å². The number of nitrogens with zero attached hydrogens (tertiary/aromatic N) is 2. The highest BCUT2D eigenvalue weighted by atomic mass is 32.1. The zero-order valence-electron chi connectivity index (χ0n) is 15.3. The topological polar surface area (TPSA) is 85.4 Å². The van der Waals surface area contributed by atoms with Crippen molar-refractivity contribution in [1.29, 1.82) is 0 Å². The van der Waals surface area contributed by atoms with Crippen molar-refractivity contribution in [3.8, 4) is 11.5 Å². The number of carbonyl (C=O) groups is 1. The lowest BCUT2D eigenvalue weighted by Gasteiger charge is -2.07. The zero-order chi connectivity index (χ0) is 19.2. The molecule has 0 aliphatic heterocycles. The quantitative estimate of drug-likeness (QED) is 0.658. The van der Waals surface area contributed by atoms with E-state index in [1.807, 2.05) is 25.1 Å². The lowest BCUT2D eigenvalue weighted by Crippen LogP contribution is -2.19. The molecular formula is C19H20N4O3S. The van der Waals surface area contributed by atoms with Crippen LogP contribution in [-0.4, -0.2) is 23.3 Å². The maximum atomic E-state index is 12.1. The number of ether oxygens (including phenoxy) is 2. The average molecular weight is 384 g/mol. The molecule has 7 nitrogen and oxygen atoms in total. The molecule has 0 aliphatic carbocycles. The SMILES string of the molecule is COc1cccc(NC(=O)Nc2nnc(COc3ccc(C)c(C)c3)s2)c1. The molecule has 0 fully saturated rings. The van der Waals surface area contributed by atoms with Crippen LogP contribution in [0.1, 0.15) is 16.1 Å². The van der Waals surface area contributed by atoms with Gasteiger partial charge >= 0.3 is 6.03 Å². The summed E-state index contributed by atoms with van der Waals surface area (Å²) in [4.78, 5) is 12.1. The van der Waals surface area contributed by atoms with E-state index in [0.29, 0.717) is 28.2 Å². The van der Waals surface area contributed by atoms with Crippen molar-refractivity contribution in [2.75, 3.05) is 17.7 Å². The Balaban J connectivity index is 1.53. The van der Waals surface area contributed by atoms with Crippen molar-refractivity contribution in [2.24, 2.45) is 0 Å². The number of amides is 2. The van der Waals surface area contributed by atoms with Gasteiger partial charge in [0.2, 0.25) is 5.13 Å². The van der Waals surface area contributed by atoms with Crippen LogP contribution < -0.4 is 20.1 Å². The number of aryl methyl sites for hydroxylation is 2. The predicted octanol–water partition coefficient (Wildman–Crippen LogP) is 4.39. The molecule has 0 saturated heterocycles. The van der Waals surface area contributed by atoms with Gasteiger partial charge in [0, 0.05) is 11.8 Å². The summed E-state index contributed by atoms with van der Waals surface area (Å²) in [5, 5.41) is 14.5. The van der Waals surface area contributed by atoms with E-state index < -0.39 is 6.03 Å². The van der Waals surface area contributed by atoms with Crippen LogP contribution in [0.5, 0.6) is 11.5 Å². The number of anilines is 2. The van der Waals surface area contributed by atoms with E-state index in [0.717, 1.165) is 5.75 Å². The van der Waals surface area contributed by atoms with Crippen LogP contribution in [0, 0.1) is 13.8 Å². The summed E-state index contributed by atoms with van der Waals surface area (Å²) < 4.78 is 10.9. The van der Waals surface area contributed by atoms with Crippen LogP contribution in [0.3, 0.4) is 0 Å². The second-order valence-electron chi connectivity index (χ2n) is 5.85. The number of hydrogen-bond donors (Lipinski definition) is 2. The Morgan fingerprint density at radius 1 is 1.04 bits per heavy atom. The summed E-state index contributed by atoms with van der Waals surface area (Å²) in [5.74, 6) is 1.44. The summed E-state index contributed by atoms with van der Waals surface area (Å²) >= 11 is 1.26. The van der Waals surface area contributed by atoms with E-state index in [2.05, 4.69) is 27.8 Å². The van der Waals surface area contributed by atoms with Crippen molar-refractivity contribution in [3.05, 3.63) is 58.6 Å². The third kappa shape index (κ3) is 5.18. The Hall–Kier alpha value is -3.13. The molecule has 0 spiro atoms. The molecule has 27 heavy (non-hydrogen) atoms. The highest BCUT2D eigenvalue weighted by Gasteiger charge is 2.09. The largest absolute Gasteiger partial charge is 0.497 e. The standard InChI is InChI=1S/C19H20N4O3S/c1-12-7-8-16(9-13(12)2)26-11-17-22-23-19(27-17)21-18(24)20-14-5-4-6-15(10-14)25-3/h4-10H,11H2,1-3H3,(H2,20,21,23,24). The van der Waals surface area contributed by atoms with E-state index in [4.69, 9.17) is 9.47 Å². The lowest BCUT2D eigenvalue weighted by atomic mass is 10.1. The molecule has 2 aromatic carbocycles. The first kappa shape index (κ1) is 18.7. The number of benzene rings is 2. The van der Waals surface area contributed by atoms with E-state index in [1.165, 1.54) is 22.5 Å². The van der Waals surface area contributed by atoms with E-state index in [1.54, 1.807) is 31.4 Å². The first-order valence-corrected chi connectivity index (χ1v) is 9.09. The van der Waals surface area contributed by atoms with Gasteiger partial charge < -0.3 is 14.8 Å². The Bertz CT molecular complexity index is 942. The normalized spacial score (nSPS) is 10.3. The van der Waals surface area contributed by atoms with Crippen molar-refractivity contribution >= 4 is 28.2 Å². The average Bonchev–Trinajstić information content (AvgIpc) is 3.10. The van der Waals surface area contributed by atoms with Gasteiger partial charge in [-0.05, 0) is 49.2 Å². The minimum atomic E-state index is -0.402. The van der Waals surface area contributed by atoms with Gasteiger partial charge in [-0.3, -0.25) is 5.32 Å². The van der Waals surface area contributed by atoms with Crippen LogP contribution in [0.4, 0.5) is 15.6 Å². The first-order valence-electron chi connectivity index (χ1n) is 8.28. The van der Waals surface area contributed by atoms with Crippen molar-refractivity contribution in [3.63, 3.8) is 0 Å². The molecule has 2 N–H and O–H groups in total. The highest BCUT2D eigenvalue weighted by Crippen LogP contribution is 2.21. The smallest absolute Gasteiger partial charge is 0.325 e. The molecule has 1 aromatic heterocycles. The van der Waals surface area contributed by atoms with Gasteiger partial charge in [-0.25, -0.2) is 4.79 Å². The molecule has 0 unspecified atom stereocenters. The maximum absolute atomic E-state index is 12.1. The number of carbonyl (C=O) groups excluding carboxylic acids is 1. The zero-order valence-corrected chi connectivity index (χ0v) is 16.1. The minimum Gasteiger partial charge on any atom is -0.497 e. The van der Waals surface area contributed by atoms with Gasteiger partial charge in [0.1, 0.15) is 18.1 Å². The molecule has 2 amide bonds. The third-order valence-electron chi connectivity index (χ3n) is 3.86. The Labute approximate surface area is 161 Å². The van der Waals surface area contributed by atoms with Crippen LogP contribution in [0.15, 0.2) is 42.5 Å². The Morgan fingerprint density at radius 2 is 1.89 bits per heavy atom. The summed E-state index contributed by atoms with van der Waals surface area (Å²) in [7, 11) is 1.57. The van der Waals surface area contributed by atoms with Gasteiger partial charge in [0.05, 0.1) is 7.11 Å². The number of methoxy groups -OCH3 is 1. The molecule has 0 aliphatic rings. The van der Waals surface area contributed by atoms with Crippen molar-refractivity contribution < 1.29 is 14.3 Å². The molecule has 8 heteroatoms. The summed E-state index contributed by atoms with van der Waals surface area (Å²) in [6.45, 7) is 4.38. The second-order valence-corrected chi connectivity index (χ2v) is 6.91. The molecular weight excluding hydrogens is 364 g/mol. The molecule has 0 saturated carbocycles. The highest BCUT2D eigenvalue weighted by molar-refractivity contribution is 7.15. The lowest BCUT2D eigenvalue weighted by molar-refractivity contribution is 0.262. The van der Waals surface area contributed by atoms with Gasteiger partial charge in [-0.2, -0.15) is 0 Å². The Morgan fingerprint density at radius 3 is 2.67 bits per heavy atom. The predicted molar refractivity (Wildman–Crippen MR) is 106 cm³/mol. The Kier molecular flexibility index (Phi) is 5.87. The van der Waals surface area contributed by atoms with Crippen LogP contribution in [-0.2, 0) is 6.61 Å². The van der Waals surface area contributed by atoms with Gasteiger partial charge in [-0.15, -0.1) is 10.2 Å². The van der Waals surface area contributed by atoms with Crippen LogP contribution in [0.25, 0.3) is 0 Å². The number of urea groups is 1. The summed E-state index contributed by atoms with van der Waals surface area (Å²) in [5.41, 5.74) is 3.00. The van der Waals surface area contributed by atoms with Gasteiger partial charge in [0.15, 0.2) is 5.01 Å². The fraction of sp³-hybridized carbons (Fsp3) is 0.211. The fourth-order valence-corrected chi connectivity index (χ4v) is 2.92. The van der Waals surface area contributed by atoms with E-state index in [9.17, 15) is 4.79 Å². The van der Waals surface area contributed by atoms with Gasteiger partial charge in [-0.1, -0.05) is 23.5 Å². The molecule has 3 rings (SSSR count). The number of nitrogens with one attached hydrogen (secondary N) is 2. The fourth-order valence-electron chi connectivity index (χ4n) is 2.27. The molecule has 0 bridgehead atoms. The summed E-state index contributed by atoms with van der Waals surface area (Å²) in [6.07, 6.45) is 0. The summed E-state index contributed by atoms with van der Waals surface area (Å²) in [6, 6.07) is 12.6.